The topological polar surface area (TPSA) is 29.9 Å². The number of aromatic nitrogens is 2. The van der Waals surface area contributed by atoms with Gasteiger partial charge in [0.1, 0.15) is 11.6 Å². The highest BCUT2D eigenvalue weighted by atomic mass is 19.1. The molecular formula is C16H19F2N3. The fraction of sp³-hybridized carbons (Fsp3) is 0.438. The number of nitrogens with one attached hydrogen (secondary N) is 1. The molecule has 1 unspecified atom stereocenters. The Morgan fingerprint density at radius 3 is 2.48 bits per heavy atom. The molecule has 5 heteroatoms. The Labute approximate surface area is 123 Å². The van der Waals surface area contributed by atoms with E-state index < -0.39 is 11.6 Å². The van der Waals surface area contributed by atoms with Crippen molar-refractivity contribution in [2.45, 2.75) is 45.2 Å². The third-order valence-corrected chi connectivity index (χ3v) is 3.79. The highest BCUT2D eigenvalue weighted by Crippen LogP contribution is 2.31. The van der Waals surface area contributed by atoms with Gasteiger partial charge in [-0.25, -0.2) is 13.8 Å². The highest BCUT2D eigenvalue weighted by molar-refractivity contribution is 5.38. The molecule has 21 heavy (non-hydrogen) atoms. The van der Waals surface area contributed by atoms with E-state index in [1.807, 2.05) is 6.20 Å². The van der Waals surface area contributed by atoms with Crippen molar-refractivity contribution in [1.82, 2.24) is 9.55 Å². The van der Waals surface area contributed by atoms with Crippen molar-refractivity contribution >= 4 is 5.95 Å². The zero-order valence-electron chi connectivity index (χ0n) is 12.5. The van der Waals surface area contributed by atoms with E-state index in [2.05, 4.69) is 35.6 Å². The number of hydrogen-bond donors (Lipinski definition) is 1. The van der Waals surface area contributed by atoms with Crippen molar-refractivity contribution in [3.63, 3.8) is 0 Å². The van der Waals surface area contributed by atoms with E-state index in [1.165, 1.54) is 12.1 Å². The van der Waals surface area contributed by atoms with Gasteiger partial charge in [-0.05, 0) is 24.1 Å². The first-order valence-corrected chi connectivity index (χ1v) is 7.13. The van der Waals surface area contributed by atoms with E-state index in [0.717, 1.165) is 30.7 Å². The van der Waals surface area contributed by atoms with Crippen LogP contribution >= 0.6 is 0 Å². The number of halogens is 2. The second-order valence-corrected chi connectivity index (χ2v) is 6.58. The van der Waals surface area contributed by atoms with E-state index in [-0.39, 0.29) is 11.5 Å². The van der Waals surface area contributed by atoms with Crippen LogP contribution in [0.3, 0.4) is 0 Å². The average Bonchev–Trinajstić information content (AvgIpc) is 2.80. The molecule has 1 aliphatic heterocycles. The molecule has 3 rings (SSSR count). The first-order chi connectivity index (χ1) is 9.83. The van der Waals surface area contributed by atoms with Crippen molar-refractivity contribution in [3.8, 4) is 0 Å². The maximum absolute atomic E-state index is 13.4. The lowest BCUT2D eigenvalue weighted by Crippen LogP contribution is -2.22. The number of benzene rings is 1. The molecule has 0 amide bonds. The Kier molecular flexibility index (Phi) is 3.23. The molecule has 1 aliphatic rings. The Bertz CT molecular complexity index is 650. The second-order valence-electron chi connectivity index (χ2n) is 6.58. The minimum absolute atomic E-state index is 0.0213. The molecule has 3 nitrogen and oxygen atoms in total. The first-order valence-electron chi connectivity index (χ1n) is 7.13. The number of fused-ring (bicyclic) bond motifs is 1. The summed E-state index contributed by atoms with van der Waals surface area (Å²) in [6.07, 6.45) is 2.82. The van der Waals surface area contributed by atoms with E-state index in [9.17, 15) is 8.78 Å². The molecule has 0 spiro atoms. The maximum Gasteiger partial charge on any atom is 0.203 e. The average molecular weight is 291 g/mol. The third kappa shape index (κ3) is 2.77. The van der Waals surface area contributed by atoms with Gasteiger partial charge in [-0.3, -0.25) is 0 Å². The third-order valence-electron chi connectivity index (χ3n) is 3.79. The predicted octanol–water partition coefficient (Wildman–Crippen LogP) is 4.02. The summed E-state index contributed by atoms with van der Waals surface area (Å²) < 4.78 is 28.8. The van der Waals surface area contributed by atoms with Gasteiger partial charge in [0.05, 0.1) is 11.7 Å². The molecule has 0 saturated carbocycles. The molecule has 0 aliphatic carbocycles. The molecule has 1 N–H and O–H groups in total. The Hall–Kier alpha value is -1.91. The van der Waals surface area contributed by atoms with Gasteiger partial charge in [-0.1, -0.05) is 20.8 Å². The molecule has 112 valence electrons. The van der Waals surface area contributed by atoms with Gasteiger partial charge in [-0.15, -0.1) is 0 Å². The van der Waals surface area contributed by atoms with Gasteiger partial charge in [-0.2, -0.15) is 0 Å². The van der Waals surface area contributed by atoms with Crippen molar-refractivity contribution in [2.24, 2.45) is 0 Å². The van der Waals surface area contributed by atoms with Gasteiger partial charge < -0.3 is 9.88 Å². The van der Waals surface area contributed by atoms with Crippen molar-refractivity contribution in [1.29, 1.82) is 0 Å². The number of imidazole rings is 1. The lowest BCUT2D eigenvalue weighted by molar-refractivity contribution is 0.529. The summed E-state index contributed by atoms with van der Waals surface area (Å²) in [5.41, 5.74) is 1.61. The van der Waals surface area contributed by atoms with Crippen LogP contribution in [0.15, 0.2) is 24.4 Å². The normalized spacial score (nSPS) is 18.2. The number of anilines is 1. The summed E-state index contributed by atoms with van der Waals surface area (Å²) in [5.74, 6) is -0.326. The summed E-state index contributed by atoms with van der Waals surface area (Å²) in [6.45, 7) is 7.12. The molecule has 2 heterocycles. The molecule has 1 aromatic heterocycles. The molecule has 2 aromatic rings. The fourth-order valence-corrected chi connectivity index (χ4v) is 2.59. The molecule has 0 saturated heterocycles. The van der Waals surface area contributed by atoms with E-state index >= 15 is 0 Å². The van der Waals surface area contributed by atoms with Gasteiger partial charge in [0, 0.05) is 24.2 Å². The van der Waals surface area contributed by atoms with Crippen molar-refractivity contribution in [3.05, 3.63) is 47.3 Å². The predicted molar refractivity (Wildman–Crippen MR) is 78.3 cm³/mol. The number of rotatable bonds is 1. The van der Waals surface area contributed by atoms with Crippen LogP contribution in [0.5, 0.6) is 0 Å². The van der Waals surface area contributed by atoms with Gasteiger partial charge in [0.25, 0.3) is 0 Å². The second kappa shape index (κ2) is 4.83. The van der Waals surface area contributed by atoms with E-state index in [1.54, 1.807) is 0 Å². The van der Waals surface area contributed by atoms with Crippen LogP contribution in [-0.4, -0.2) is 9.55 Å². The molecule has 1 aromatic carbocycles. The number of hydrogen-bond acceptors (Lipinski definition) is 2. The number of aryl methyl sites for hydroxylation is 1. The van der Waals surface area contributed by atoms with Crippen LogP contribution in [-0.2, 0) is 12.0 Å². The lowest BCUT2D eigenvalue weighted by atomic mass is 9.93. The van der Waals surface area contributed by atoms with Crippen LogP contribution in [0.25, 0.3) is 0 Å². The Morgan fingerprint density at radius 1 is 1.19 bits per heavy atom. The minimum Gasteiger partial charge on any atom is -0.349 e. The minimum atomic E-state index is -0.545. The quantitative estimate of drug-likeness (QED) is 0.860. The van der Waals surface area contributed by atoms with Crippen LogP contribution in [0, 0.1) is 11.6 Å². The van der Waals surface area contributed by atoms with Crippen molar-refractivity contribution < 1.29 is 8.78 Å². The van der Waals surface area contributed by atoms with Crippen molar-refractivity contribution in [2.75, 3.05) is 5.32 Å². The molecule has 1 atom stereocenters. The largest absolute Gasteiger partial charge is 0.349 e. The van der Waals surface area contributed by atoms with Crippen LogP contribution < -0.4 is 5.32 Å². The lowest BCUT2D eigenvalue weighted by Gasteiger charge is -2.25. The zero-order valence-corrected chi connectivity index (χ0v) is 12.5. The number of nitrogens with zero attached hydrogens (tertiary/aromatic N) is 2. The van der Waals surface area contributed by atoms with Gasteiger partial charge >= 0.3 is 0 Å². The Morgan fingerprint density at radius 2 is 1.86 bits per heavy atom. The SMILES string of the molecule is CC(C)(C)c1cn2c(n1)NC(c1cc(F)cc(F)c1)CC2. The molecular weight excluding hydrogens is 272 g/mol. The fourth-order valence-electron chi connectivity index (χ4n) is 2.59. The Balaban J connectivity index is 1.89. The summed E-state index contributed by atoms with van der Waals surface area (Å²) in [4.78, 5) is 4.61. The summed E-state index contributed by atoms with van der Waals surface area (Å²) in [7, 11) is 0. The maximum atomic E-state index is 13.4. The zero-order chi connectivity index (χ0) is 15.2. The summed E-state index contributed by atoms with van der Waals surface area (Å²) >= 11 is 0. The van der Waals surface area contributed by atoms with E-state index in [4.69, 9.17) is 0 Å². The summed E-state index contributed by atoms with van der Waals surface area (Å²) in [6, 6.07) is 3.54. The standard InChI is InChI=1S/C16H19F2N3/c1-16(2,3)14-9-21-5-4-13(19-15(21)20-14)10-6-11(17)8-12(18)7-10/h6-9,13H,4-5H2,1-3H3,(H,19,20). The molecule has 0 bridgehead atoms. The first kappa shape index (κ1) is 14.0. The highest BCUT2D eigenvalue weighted by Gasteiger charge is 2.25. The van der Waals surface area contributed by atoms with Gasteiger partial charge in [0.2, 0.25) is 5.95 Å². The van der Waals surface area contributed by atoms with E-state index in [0.29, 0.717) is 5.56 Å². The molecule has 0 fully saturated rings. The van der Waals surface area contributed by atoms with Gasteiger partial charge in [0.15, 0.2) is 0 Å². The van der Waals surface area contributed by atoms with Crippen LogP contribution in [0.1, 0.15) is 44.5 Å². The van der Waals surface area contributed by atoms with Crippen LogP contribution in [0.2, 0.25) is 0 Å². The molecule has 0 radical (unpaired) electrons. The smallest absolute Gasteiger partial charge is 0.203 e. The van der Waals surface area contributed by atoms with Crippen LogP contribution in [0.4, 0.5) is 14.7 Å². The summed E-state index contributed by atoms with van der Waals surface area (Å²) in [5, 5.41) is 3.28. The monoisotopic (exact) mass is 291 g/mol.